The Kier molecular flexibility index (Phi) is 5.13. The molecule has 32 heavy (non-hydrogen) atoms. The van der Waals surface area contributed by atoms with E-state index in [1.807, 2.05) is 42.5 Å². The van der Waals surface area contributed by atoms with E-state index in [-0.39, 0.29) is 17.8 Å². The maximum atomic E-state index is 12.7. The fraction of sp³-hybridized carbons (Fsp3) is 0.0800. The van der Waals surface area contributed by atoms with E-state index in [4.69, 9.17) is 9.15 Å². The highest BCUT2D eigenvalue weighted by Crippen LogP contribution is 2.23. The van der Waals surface area contributed by atoms with Crippen LogP contribution in [0.5, 0.6) is 11.5 Å². The molecule has 2 heterocycles. The summed E-state index contributed by atoms with van der Waals surface area (Å²) in [5.41, 5.74) is 2.94. The van der Waals surface area contributed by atoms with Gasteiger partial charge in [0.25, 0.3) is 0 Å². The molecule has 7 heteroatoms. The van der Waals surface area contributed by atoms with E-state index in [1.54, 1.807) is 41.2 Å². The summed E-state index contributed by atoms with van der Waals surface area (Å²) in [5, 5.41) is 18.2. The van der Waals surface area contributed by atoms with Crippen LogP contribution in [-0.2, 0) is 13.2 Å². The van der Waals surface area contributed by atoms with Crippen molar-refractivity contribution in [3.63, 3.8) is 0 Å². The minimum Gasteiger partial charge on any atom is -0.508 e. The number of aromatic hydroxyl groups is 1. The topological polar surface area (TPSA) is 90.4 Å². The zero-order chi connectivity index (χ0) is 21.9. The van der Waals surface area contributed by atoms with E-state index < -0.39 is 0 Å². The predicted octanol–water partition coefficient (Wildman–Crippen LogP) is 4.38. The van der Waals surface area contributed by atoms with Crippen LogP contribution in [0.3, 0.4) is 0 Å². The number of phenols is 1. The Labute approximate surface area is 183 Å². The van der Waals surface area contributed by atoms with Gasteiger partial charge in [0.15, 0.2) is 5.43 Å². The molecule has 158 valence electrons. The molecule has 0 saturated heterocycles. The van der Waals surface area contributed by atoms with Gasteiger partial charge in [0.1, 0.15) is 29.4 Å². The predicted molar refractivity (Wildman–Crippen MR) is 119 cm³/mol. The van der Waals surface area contributed by atoms with Gasteiger partial charge in [0.2, 0.25) is 0 Å². The number of ether oxygens (including phenoxy) is 1. The number of phenolic OH excluding ortho intramolecular Hbond substituents is 1. The molecule has 3 aromatic carbocycles. The maximum absolute atomic E-state index is 12.7. The van der Waals surface area contributed by atoms with Crippen LogP contribution in [0.1, 0.15) is 11.3 Å². The van der Waals surface area contributed by atoms with Crippen LogP contribution in [0.4, 0.5) is 0 Å². The Morgan fingerprint density at radius 2 is 1.84 bits per heavy atom. The van der Waals surface area contributed by atoms with E-state index >= 15 is 0 Å². The average Bonchev–Trinajstić information content (AvgIpc) is 3.25. The third kappa shape index (κ3) is 4.09. The van der Waals surface area contributed by atoms with Gasteiger partial charge in [-0.25, -0.2) is 4.68 Å². The van der Waals surface area contributed by atoms with Gasteiger partial charge in [-0.2, -0.15) is 0 Å². The van der Waals surface area contributed by atoms with Gasteiger partial charge >= 0.3 is 0 Å². The number of hydrogen-bond acceptors (Lipinski definition) is 6. The minimum atomic E-state index is -0.0991. The molecule has 0 fully saturated rings. The van der Waals surface area contributed by atoms with Gasteiger partial charge in [-0.15, -0.1) is 5.10 Å². The summed E-state index contributed by atoms with van der Waals surface area (Å²) >= 11 is 0. The highest BCUT2D eigenvalue weighted by Gasteiger charge is 2.10. The van der Waals surface area contributed by atoms with Crippen LogP contribution in [0.25, 0.3) is 22.3 Å². The number of fused-ring (bicyclic) bond motifs is 1. The molecule has 0 aliphatic carbocycles. The quantitative estimate of drug-likeness (QED) is 0.434. The lowest BCUT2D eigenvalue weighted by Gasteiger charge is -2.09. The second kappa shape index (κ2) is 8.39. The highest BCUT2D eigenvalue weighted by molar-refractivity contribution is 5.79. The SMILES string of the molecule is O=c1cc(-c2ccccc2)oc2ccc(Cn3nncc3COc3cccc(O)c3)cc12. The van der Waals surface area contributed by atoms with Crippen LogP contribution < -0.4 is 10.2 Å². The summed E-state index contributed by atoms with van der Waals surface area (Å²) in [5.74, 6) is 1.23. The molecule has 0 unspecified atom stereocenters. The van der Waals surface area contributed by atoms with Gasteiger partial charge in [-0.1, -0.05) is 47.7 Å². The molecule has 0 spiro atoms. The first-order chi connectivity index (χ1) is 15.7. The molecule has 7 nitrogen and oxygen atoms in total. The molecular weight excluding hydrogens is 406 g/mol. The van der Waals surface area contributed by atoms with E-state index in [0.717, 1.165) is 16.8 Å². The average molecular weight is 425 g/mol. The first kappa shape index (κ1) is 19.6. The smallest absolute Gasteiger partial charge is 0.193 e. The summed E-state index contributed by atoms with van der Waals surface area (Å²) in [4.78, 5) is 12.7. The lowest BCUT2D eigenvalue weighted by atomic mass is 10.1. The van der Waals surface area contributed by atoms with Crippen molar-refractivity contribution in [1.29, 1.82) is 0 Å². The fourth-order valence-electron chi connectivity index (χ4n) is 3.47. The largest absolute Gasteiger partial charge is 0.508 e. The van der Waals surface area contributed by atoms with Crippen molar-refractivity contribution in [2.75, 3.05) is 0 Å². The second-order valence-corrected chi connectivity index (χ2v) is 7.34. The first-order valence-electron chi connectivity index (χ1n) is 10.1. The van der Waals surface area contributed by atoms with Crippen LogP contribution in [0.15, 0.2) is 94.3 Å². The second-order valence-electron chi connectivity index (χ2n) is 7.34. The van der Waals surface area contributed by atoms with Gasteiger partial charge in [0.05, 0.1) is 23.8 Å². The zero-order valence-corrected chi connectivity index (χ0v) is 17.0. The van der Waals surface area contributed by atoms with Crippen molar-refractivity contribution < 1.29 is 14.3 Å². The lowest BCUT2D eigenvalue weighted by Crippen LogP contribution is -2.09. The van der Waals surface area contributed by atoms with Gasteiger partial charge in [-0.3, -0.25) is 4.79 Å². The number of nitrogens with zero attached hydrogens (tertiary/aromatic N) is 3. The van der Waals surface area contributed by atoms with E-state index in [1.165, 1.54) is 6.07 Å². The summed E-state index contributed by atoms with van der Waals surface area (Å²) in [6.45, 7) is 0.668. The van der Waals surface area contributed by atoms with Crippen molar-refractivity contribution in [2.45, 2.75) is 13.2 Å². The third-order valence-electron chi connectivity index (χ3n) is 5.08. The third-order valence-corrected chi connectivity index (χ3v) is 5.08. The van der Waals surface area contributed by atoms with Crippen molar-refractivity contribution in [2.24, 2.45) is 0 Å². The van der Waals surface area contributed by atoms with Crippen LogP contribution in [-0.4, -0.2) is 20.1 Å². The molecule has 0 saturated carbocycles. The van der Waals surface area contributed by atoms with Gasteiger partial charge < -0.3 is 14.3 Å². The number of benzene rings is 3. The Bertz CT molecular complexity index is 1440. The molecule has 1 N–H and O–H groups in total. The molecule has 0 aliphatic heterocycles. The Morgan fingerprint density at radius 1 is 0.969 bits per heavy atom. The van der Waals surface area contributed by atoms with Crippen molar-refractivity contribution >= 4 is 11.0 Å². The lowest BCUT2D eigenvalue weighted by molar-refractivity contribution is 0.291. The van der Waals surface area contributed by atoms with E-state index in [2.05, 4.69) is 10.3 Å². The van der Waals surface area contributed by atoms with Crippen molar-refractivity contribution in [3.05, 3.63) is 107 Å². The molecule has 0 radical (unpaired) electrons. The Balaban J connectivity index is 1.38. The minimum absolute atomic E-state index is 0.0991. The first-order valence-corrected chi connectivity index (χ1v) is 10.1. The summed E-state index contributed by atoms with van der Waals surface area (Å²) in [6, 6.07) is 23.2. The molecule has 5 aromatic rings. The number of hydrogen-bond donors (Lipinski definition) is 1. The van der Waals surface area contributed by atoms with E-state index in [0.29, 0.717) is 29.0 Å². The molecular formula is C25H19N3O4. The van der Waals surface area contributed by atoms with Crippen LogP contribution >= 0.6 is 0 Å². The number of aromatic nitrogens is 3. The van der Waals surface area contributed by atoms with Gasteiger partial charge in [0, 0.05) is 17.7 Å². The summed E-state index contributed by atoms with van der Waals surface area (Å²) < 4.78 is 13.4. The Morgan fingerprint density at radius 3 is 2.69 bits per heavy atom. The van der Waals surface area contributed by atoms with E-state index in [9.17, 15) is 9.90 Å². The normalized spacial score (nSPS) is 11.0. The fourth-order valence-corrected chi connectivity index (χ4v) is 3.47. The van der Waals surface area contributed by atoms with Crippen LogP contribution in [0.2, 0.25) is 0 Å². The molecule has 0 aliphatic rings. The summed E-state index contributed by atoms with van der Waals surface area (Å²) in [7, 11) is 0. The molecule has 2 aromatic heterocycles. The molecule has 0 amide bonds. The zero-order valence-electron chi connectivity index (χ0n) is 17.0. The van der Waals surface area contributed by atoms with Gasteiger partial charge in [-0.05, 0) is 29.8 Å². The van der Waals surface area contributed by atoms with Crippen LogP contribution in [0, 0.1) is 0 Å². The summed E-state index contributed by atoms with van der Waals surface area (Å²) in [6.07, 6.45) is 1.63. The Hall–Kier alpha value is -4.39. The highest BCUT2D eigenvalue weighted by atomic mass is 16.5. The monoisotopic (exact) mass is 425 g/mol. The molecule has 5 rings (SSSR count). The maximum Gasteiger partial charge on any atom is 0.193 e. The molecule has 0 atom stereocenters. The number of rotatable bonds is 6. The van der Waals surface area contributed by atoms with Crippen molar-refractivity contribution in [1.82, 2.24) is 15.0 Å². The molecule has 0 bridgehead atoms. The standard InChI is InChI=1S/C25H19N3O4/c29-20-7-4-8-21(12-20)31-16-19-14-26-27-28(19)15-17-9-10-24-22(11-17)23(30)13-25(32-24)18-5-2-1-3-6-18/h1-14,29H,15-16H2. The van der Waals surface area contributed by atoms with Crippen molar-refractivity contribution in [3.8, 4) is 22.8 Å².